The lowest BCUT2D eigenvalue weighted by atomic mass is 10.1. The Bertz CT molecular complexity index is 1250. The second kappa shape index (κ2) is 7.56. The van der Waals surface area contributed by atoms with Gasteiger partial charge in [-0.2, -0.15) is 5.26 Å². The Morgan fingerprint density at radius 1 is 1.14 bits per heavy atom. The molecule has 0 atom stereocenters. The van der Waals surface area contributed by atoms with Crippen LogP contribution in [-0.2, 0) is 6.54 Å². The zero-order valence-corrected chi connectivity index (χ0v) is 15.6. The van der Waals surface area contributed by atoms with Crippen molar-refractivity contribution in [3.05, 3.63) is 88.7 Å². The van der Waals surface area contributed by atoms with Crippen LogP contribution in [0.3, 0.4) is 0 Å². The van der Waals surface area contributed by atoms with E-state index in [1.54, 1.807) is 0 Å². The quantitative estimate of drug-likeness (QED) is 0.550. The fourth-order valence-electron chi connectivity index (χ4n) is 2.97. The Balaban J connectivity index is 1.45. The van der Waals surface area contributed by atoms with E-state index < -0.39 is 11.7 Å². The summed E-state index contributed by atoms with van der Waals surface area (Å²) in [5, 5.41) is 11.5. The molecule has 0 spiro atoms. The van der Waals surface area contributed by atoms with E-state index in [2.05, 4.69) is 10.3 Å². The molecule has 142 valence electrons. The van der Waals surface area contributed by atoms with Gasteiger partial charge in [-0.25, -0.2) is 9.37 Å². The maximum absolute atomic E-state index is 13.9. The standard InChI is InChI=1S/C23H16FN3O2/c1-14-2-9-20-21(10-14)29-23(27-20)17-6-3-15(4-7-17)13-26-22(28)18-8-5-16(12-25)11-19(18)24/h2-11H,13H2,1H3,(H,26,28). The predicted molar refractivity (Wildman–Crippen MR) is 106 cm³/mol. The number of rotatable bonds is 4. The Morgan fingerprint density at radius 3 is 2.66 bits per heavy atom. The second-order valence-electron chi connectivity index (χ2n) is 6.68. The molecule has 0 radical (unpaired) electrons. The summed E-state index contributed by atoms with van der Waals surface area (Å²) in [5.41, 5.74) is 4.39. The largest absolute Gasteiger partial charge is 0.436 e. The van der Waals surface area contributed by atoms with Crippen LogP contribution in [0, 0.1) is 24.1 Å². The van der Waals surface area contributed by atoms with Gasteiger partial charge in [-0.3, -0.25) is 4.79 Å². The predicted octanol–water partition coefficient (Wildman–Crippen LogP) is 4.74. The van der Waals surface area contributed by atoms with Crippen LogP contribution in [0.25, 0.3) is 22.6 Å². The van der Waals surface area contributed by atoms with Gasteiger partial charge < -0.3 is 9.73 Å². The molecule has 0 saturated heterocycles. The number of benzene rings is 3. The summed E-state index contributed by atoms with van der Waals surface area (Å²) in [7, 11) is 0. The van der Waals surface area contributed by atoms with E-state index in [1.165, 1.54) is 12.1 Å². The van der Waals surface area contributed by atoms with Crippen LogP contribution < -0.4 is 5.32 Å². The monoisotopic (exact) mass is 385 g/mol. The zero-order chi connectivity index (χ0) is 20.4. The minimum absolute atomic E-state index is 0.0950. The Hall–Kier alpha value is -3.98. The number of fused-ring (bicyclic) bond motifs is 1. The number of aromatic nitrogens is 1. The van der Waals surface area contributed by atoms with Gasteiger partial charge in [0.1, 0.15) is 11.3 Å². The van der Waals surface area contributed by atoms with Gasteiger partial charge in [0, 0.05) is 12.1 Å². The number of hydrogen-bond acceptors (Lipinski definition) is 4. The smallest absolute Gasteiger partial charge is 0.254 e. The zero-order valence-electron chi connectivity index (χ0n) is 15.6. The minimum Gasteiger partial charge on any atom is -0.436 e. The van der Waals surface area contributed by atoms with E-state index in [0.29, 0.717) is 5.89 Å². The van der Waals surface area contributed by atoms with Gasteiger partial charge in [-0.05, 0) is 60.5 Å². The van der Waals surface area contributed by atoms with E-state index in [9.17, 15) is 9.18 Å². The molecule has 0 aliphatic rings. The number of hydrogen-bond donors (Lipinski definition) is 1. The van der Waals surface area contributed by atoms with Crippen LogP contribution in [0.1, 0.15) is 27.0 Å². The molecule has 1 heterocycles. The molecule has 0 unspecified atom stereocenters. The molecule has 6 heteroatoms. The van der Waals surface area contributed by atoms with Crippen LogP contribution in [0.4, 0.5) is 4.39 Å². The number of oxazole rings is 1. The lowest BCUT2D eigenvalue weighted by Gasteiger charge is -2.07. The Kier molecular flexibility index (Phi) is 4.80. The van der Waals surface area contributed by atoms with E-state index in [1.807, 2.05) is 55.5 Å². The van der Waals surface area contributed by atoms with Crippen molar-refractivity contribution in [3.8, 4) is 17.5 Å². The maximum Gasteiger partial charge on any atom is 0.254 e. The summed E-state index contributed by atoms with van der Waals surface area (Å²) in [6.45, 7) is 2.24. The topological polar surface area (TPSA) is 78.9 Å². The van der Waals surface area contributed by atoms with Gasteiger partial charge in [-0.15, -0.1) is 0 Å². The normalized spacial score (nSPS) is 10.7. The molecule has 1 N–H and O–H groups in total. The van der Waals surface area contributed by atoms with Crippen molar-refractivity contribution in [1.29, 1.82) is 5.26 Å². The maximum atomic E-state index is 13.9. The first-order valence-electron chi connectivity index (χ1n) is 8.98. The van der Waals surface area contributed by atoms with Crippen LogP contribution >= 0.6 is 0 Å². The third-order valence-corrected chi connectivity index (χ3v) is 4.54. The molecule has 0 aliphatic carbocycles. The minimum atomic E-state index is -0.719. The van der Waals surface area contributed by atoms with Crippen LogP contribution in [0.15, 0.2) is 65.1 Å². The van der Waals surface area contributed by atoms with Crippen LogP contribution in [-0.4, -0.2) is 10.9 Å². The van der Waals surface area contributed by atoms with E-state index in [-0.39, 0.29) is 17.7 Å². The van der Waals surface area contributed by atoms with E-state index in [0.717, 1.165) is 33.9 Å². The first kappa shape index (κ1) is 18.4. The average molecular weight is 385 g/mol. The van der Waals surface area contributed by atoms with Crippen LogP contribution in [0.2, 0.25) is 0 Å². The van der Waals surface area contributed by atoms with Crippen molar-refractivity contribution in [1.82, 2.24) is 10.3 Å². The van der Waals surface area contributed by atoms with Crippen molar-refractivity contribution >= 4 is 17.0 Å². The van der Waals surface area contributed by atoms with Crippen molar-refractivity contribution in [2.45, 2.75) is 13.5 Å². The molecule has 0 aliphatic heterocycles. The Morgan fingerprint density at radius 2 is 1.93 bits per heavy atom. The number of halogens is 1. The highest BCUT2D eigenvalue weighted by Crippen LogP contribution is 2.25. The molecule has 0 fully saturated rings. The van der Waals surface area contributed by atoms with Crippen LogP contribution in [0.5, 0.6) is 0 Å². The summed E-state index contributed by atoms with van der Waals surface area (Å²) in [4.78, 5) is 16.7. The van der Waals surface area contributed by atoms with Gasteiger partial charge in [-0.1, -0.05) is 18.2 Å². The third kappa shape index (κ3) is 3.85. The molecular weight excluding hydrogens is 369 g/mol. The van der Waals surface area contributed by atoms with Crippen molar-refractivity contribution in [3.63, 3.8) is 0 Å². The molecule has 29 heavy (non-hydrogen) atoms. The summed E-state index contributed by atoms with van der Waals surface area (Å²) in [6.07, 6.45) is 0. The first-order chi connectivity index (χ1) is 14.0. The SMILES string of the molecule is Cc1ccc2nc(-c3ccc(CNC(=O)c4ccc(C#N)cc4F)cc3)oc2c1. The van der Waals surface area contributed by atoms with Crippen molar-refractivity contribution in [2.75, 3.05) is 0 Å². The molecule has 4 aromatic rings. The molecule has 0 saturated carbocycles. The molecule has 3 aromatic carbocycles. The molecule has 5 nitrogen and oxygen atoms in total. The van der Waals surface area contributed by atoms with Gasteiger partial charge in [0.25, 0.3) is 5.91 Å². The first-order valence-corrected chi connectivity index (χ1v) is 8.98. The van der Waals surface area contributed by atoms with E-state index >= 15 is 0 Å². The number of nitriles is 1. The summed E-state index contributed by atoms with van der Waals surface area (Å²) in [5.74, 6) is -0.727. The van der Waals surface area contributed by atoms with Crippen molar-refractivity contribution < 1.29 is 13.6 Å². The summed E-state index contributed by atoms with van der Waals surface area (Å²) >= 11 is 0. The number of carbonyl (C=O) groups is 1. The second-order valence-corrected chi connectivity index (χ2v) is 6.68. The molecule has 0 bridgehead atoms. The Labute approximate surface area is 166 Å². The highest BCUT2D eigenvalue weighted by Gasteiger charge is 2.12. The number of carbonyl (C=O) groups excluding carboxylic acids is 1. The number of nitrogens with one attached hydrogen (secondary N) is 1. The van der Waals surface area contributed by atoms with Crippen molar-refractivity contribution in [2.24, 2.45) is 0 Å². The number of nitrogens with zero attached hydrogens (tertiary/aromatic N) is 2. The van der Waals surface area contributed by atoms with Gasteiger partial charge in [0.2, 0.25) is 5.89 Å². The van der Waals surface area contributed by atoms with Gasteiger partial charge >= 0.3 is 0 Å². The fourth-order valence-corrected chi connectivity index (χ4v) is 2.97. The van der Waals surface area contributed by atoms with E-state index in [4.69, 9.17) is 9.68 Å². The molecular formula is C23H16FN3O2. The average Bonchev–Trinajstić information content (AvgIpc) is 3.15. The molecule has 1 aromatic heterocycles. The fraction of sp³-hybridized carbons (Fsp3) is 0.0870. The number of aryl methyl sites for hydroxylation is 1. The van der Waals surface area contributed by atoms with Gasteiger partial charge in [0.05, 0.1) is 17.2 Å². The highest BCUT2D eigenvalue weighted by atomic mass is 19.1. The summed E-state index contributed by atoms with van der Waals surface area (Å²) in [6, 6.07) is 18.9. The van der Waals surface area contributed by atoms with Gasteiger partial charge in [0.15, 0.2) is 5.58 Å². The third-order valence-electron chi connectivity index (χ3n) is 4.54. The number of amides is 1. The molecule has 1 amide bonds. The lowest BCUT2D eigenvalue weighted by molar-refractivity contribution is 0.0947. The lowest BCUT2D eigenvalue weighted by Crippen LogP contribution is -2.23. The summed E-state index contributed by atoms with van der Waals surface area (Å²) < 4.78 is 19.8. The molecule has 4 rings (SSSR count). The highest BCUT2D eigenvalue weighted by molar-refractivity contribution is 5.94.